The molecule has 1 aliphatic heterocycles. The highest BCUT2D eigenvalue weighted by atomic mass is 32.2. The lowest BCUT2D eigenvalue weighted by molar-refractivity contribution is 0.591. The first-order chi connectivity index (χ1) is 12.8. The van der Waals surface area contributed by atoms with Gasteiger partial charge in [-0.15, -0.1) is 11.8 Å². The van der Waals surface area contributed by atoms with Crippen LogP contribution in [-0.2, 0) is 24.1 Å². The number of nitrogens with zero attached hydrogens (tertiary/aromatic N) is 3. The van der Waals surface area contributed by atoms with Crippen LogP contribution in [0.25, 0.3) is 11.0 Å². The van der Waals surface area contributed by atoms with Gasteiger partial charge in [-0.25, -0.2) is 8.42 Å². The third-order valence-corrected chi connectivity index (χ3v) is 7.59. The van der Waals surface area contributed by atoms with Gasteiger partial charge in [-0.1, -0.05) is 12.1 Å². The Balaban J connectivity index is 1.93. The lowest BCUT2D eigenvalue weighted by atomic mass is 10.3. The van der Waals surface area contributed by atoms with Crippen LogP contribution in [0, 0.1) is 0 Å². The summed E-state index contributed by atoms with van der Waals surface area (Å²) < 4.78 is 30.4. The fourth-order valence-electron chi connectivity index (χ4n) is 3.24. The Morgan fingerprint density at radius 3 is 2.33 bits per heavy atom. The Bertz CT molecular complexity index is 1290. The molecular formula is C18H17N3O4S2. The normalized spacial score (nSPS) is 14.4. The van der Waals surface area contributed by atoms with Crippen molar-refractivity contribution in [3.8, 4) is 0 Å². The Labute approximate surface area is 159 Å². The molecule has 7 nitrogen and oxygen atoms in total. The predicted molar refractivity (Wildman–Crippen MR) is 106 cm³/mol. The van der Waals surface area contributed by atoms with Crippen molar-refractivity contribution in [2.45, 2.75) is 9.79 Å². The lowest BCUT2D eigenvalue weighted by Gasteiger charge is -2.30. The summed E-state index contributed by atoms with van der Waals surface area (Å²) >= 11 is 1.62. The van der Waals surface area contributed by atoms with Crippen molar-refractivity contribution in [1.82, 2.24) is 9.13 Å². The second-order valence-corrected chi connectivity index (χ2v) is 9.27. The maximum absolute atomic E-state index is 13.3. The molecule has 0 fully saturated rings. The molecule has 140 valence electrons. The molecule has 0 radical (unpaired) electrons. The number of fused-ring (bicyclic) bond motifs is 2. The first-order valence-electron chi connectivity index (χ1n) is 8.27. The average Bonchev–Trinajstić information content (AvgIpc) is 2.69. The summed E-state index contributed by atoms with van der Waals surface area (Å²) in [5, 5.41) is 0. The van der Waals surface area contributed by atoms with Gasteiger partial charge in [0.25, 0.3) is 10.0 Å². The Morgan fingerprint density at radius 1 is 0.926 bits per heavy atom. The van der Waals surface area contributed by atoms with E-state index in [1.807, 2.05) is 18.2 Å². The van der Waals surface area contributed by atoms with E-state index in [1.165, 1.54) is 39.7 Å². The van der Waals surface area contributed by atoms with Crippen LogP contribution >= 0.6 is 11.8 Å². The van der Waals surface area contributed by atoms with Gasteiger partial charge >= 0.3 is 11.1 Å². The molecule has 0 N–H and O–H groups in total. The van der Waals surface area contributed by atoms with Crippen molar-refractivity contribution in [3.63, 3.8) is 0 Å². The predicted octanol–water partition coefficient (Wildman–Crippen LogP) is 1.54. The molecule has 4 rings (SSSR count). The number of aromatic nitrogens is 2. The van der Waals surface area contributed by atoms with Gasteiger partial charge in [0, 0.05) is 31.3 Å². The molecule has 3 aromatic rings. The Kier molecular flexibility index (Phi) is 4.15. The summed E-state index contributed by atoms with van der Waals surface area (Å²) in [5.74, 6) is 0.664. The molecule has 2 aromatic carbocycles. The van der Waals surface area contributed by atoms with E-state index in [0.717, 1.165) is 4.90 Å². The van der Waals surface area contributed by atoms with Gasteiger partial charge in [-0.05, 0) is 30.3 Å². The number of para-hydroxylation sites is 1. The quantitative estimate of drug-likeness (QED) is 0.607. The fourth-order valence-corrected chi connectivity index (χ4v) is 5.92. The van der Waals surface area contributed by atoms with E-state index < -0.39 is 21.1 Å². The second kappa shape index (κ2) is 6.28. The van der Waals surface area contributed by atoms with Gasteiger partial charge in [0.15, 0.2) is 0 Å². The summed E-state index contributed by atoms with van der Waals surface area (Å²) in [4.78, 5) is 25.1. The second-order valence-electron chi connectivity index (χ2n) is 6.27. The van der Waals surface area contributed by atoms with Crippen LogP contribution in [0.3, 0.4) is 0 Å². The number of anilines is 1. The van der Waals surface area contributed by atoms with Gasteiger partial charge in [0.1, 0.15) is 0 Å². The van der Waals surface area contributed by atoms with Crippen LogP contribution in [0.15, 0.2) is 61.8 Å². The van der Waals surface area contributed by atoms with Crippen molar-refractivity contribution < 1.29 is 8.42 Å². The van der Waals surface area contributed by atoms with Crippen molar-refractivity contribution in [3.05, 3.63) is 63.2 Å². The molecule has 27 heavy (non-hydrogen) atoms. The van der Waals surface area contributed by atoms with Crippen molar-refractivity contribution in [1.29, 1.82) is 0 Å². The van der Waals surface area contributed by atoms with Crippen LogP contribution in [0.1, 0.15) is 0 Å². The molecule has 0 atom stereocenters. The van der Waals surface area contributed by atoms with Crippen LogP contribution in [0.4, 0.5) is 5.69 Å². The smallest absolute Gasteiger partial charge is 0.305 e. The molecule has 0 saturated carbocycles. The monoisotopic (exact) mass is 403 g/mol. The molecule has 0 spiro atoms. The number of hydrogen-bond donors (Lipinski definition) is 0. The van der Waals surface area contributed by atoms with Gasteiger partial charge in [-0.2, -0.15) is 0 Å². The molecule has 0 unspecified atom stereocenters. The zero-order valence-electron chi connectivity index (χ0n) is 14.7. The van der Waals surface area contributed by atoms with Gasteiger partial charge in [-0.3, -0.25) is 13.9 Å². The summed E-state index contributed by atoms with van der Waals surface area (Å²) in [6.07, 6.45) is 0. The third-order valence-electron chi connectivity index (χ3n) is 4.74. The number of sulfonamides is 1. The highest BCUT2D eigenvalue weighted by Crippen LogP contribution is 2.37. The van der Waals surface area contributed by atoms with E-state index in [2.05, 4.69) is 0 Å². The maximum atomic E-state index is 13.3. The molecule has 1 aliphatic rings. The summed E-state index contributed by atoms with van der Waals surface area (Å²) in [6.45, 7) is 0.369. The molecular weight excluding hydrogens is 386 g/mol. The molecule has 0 bridgehead atoms. The first kappa shape index (κ1) is 17.9. The van der Waals surface area contributed by atoms with E-state index in [0.29, 0.717) is 29.0 Å². The van der Waals surface area contributed by atoms with E-state index in [9.17, 15) is 18.0 Å². The van der Waals surface area contributed by atoms with E-state index in [4.69, 9.17) is 0 Å². The van der Waals surface area contributed by atoms with Crippen LogP contribution in [0.5, 0.6) is 0 Å². The highest BCUT2D eigenvalue weighted by molar-refractivity contribution is 8.00. The minimum absolute atomic E-state index is 0.0883. The van der Waals surface area contributed by atoms with Gasteiger partial charge in [0.05, 0.1) is 21.6 Å². The average molecular weight is 403 g/mol. The molecule has 2 heterocycles. The van der Waals surface area contributed by atoms with E-state index >= 15 is 0 Å². The highest BCUT2D eigenvalue weighted by Gasteiger charge is 2.29. The SMILES string of the molecule is Cn1c(=O)c(=O)n(C)c2cc(S(=O)(=O)N3CCSc4ccccc43)ccc21. The van der Waals surface area contributed by atoms with Crippen molar-refractivity contribution in [2.75, 3.05) is 16.6 Å². The van der Waals surface area contributed by atoms with Crippen molar-refractivity contribution in [2.24, 2.45) is 14.1 Å². The number of thioether (sulfide) groups is 1. The van der Waals surface area contributed by atoms with E-state index in [-0.39, 0.29) is 4.90 Å². The minimum Gasteiger partial charge on any atom is -0.305 e. The first-order valence-corrected chi connectivity index (χ1v) is 10.7. The zero-order chi connectivity index (χ0) is 19.3. The minimum atomic E-state index is -3.80. The largest absolute Gasteiger partial charge is 0.316 e. The molecule has 1 aromatic heterocycles. The maximum Gasteiger partial charge on any atom is 0.316 e. The van der Waals surface area contributed by atoms with Crippen LogP contribution in [0.2, 0.25) is 0 Å². The fraction of sp³-hybridized carbons (Fsp3) is 0.222. The van der Waals surface area contributed by atoms with E-state index in [1.54, 1.807) is 23.9 Å². The topological polar surface area (TPSA) is 81.4 Å². The summed E-state index contributed by atoms with van der Waals surface area (Å²) in [7, 11) is -0.836. The lowest BCUT2D eigenvalue weighted by Crippen LogP contribution is -2.39. The number of rotatable bonds is 2. The van der Waals surface area contributed by atoms with Crippen LogP contribution < -0.4 is 15.4 Å². The Morgan fingerprint density at radius 2 is 1.59 bits per heavy atom. The number of benzene rings is 2. The third kappa shape index (κ3) is 2.69. The van der Waals surface area contributed by atoms with Crippen LogP contribution in [-0.4, -0.2) is 29.8 Å². The zero-order valence-corrected chi connectivity index (χ0v) is 16.4. The molecule has 0 saturated heterocycles. The van der Waals surface area contributed by atoms with Gasteiger partial charge in [0.2, 0.25) is 0 Å². The number of hydrogen-bond acceptors (Lipinski definition) is 5. The summed E-state index contributed by atoms with van der Waals surface area (Å²) in [5.41, 5.74) is 0.198. The van der Waals surface area contributed by atoms with Gasteiger partial charge < -0.3 is 9.13 Å². The molecule has 9 heteroatoms. The Hall–Kier alpha value is -2.52. The molecule has 0 aliphatic carbocycles. The standard InChI is InChI=1S/C18H17N3O4S2/c1-19-13-8-7-12(11-15(13)20(2)18(23)17(19)22)27(24,25)21-9-10-26-16-6-4-3-5-14(16)21/h3-8,11H,9-10H2,1-2H3. The van der Waals surface area contributed by atoms with Crippen molar-refractivity contribution >= 4 is 38.5 Å². The molecule has 0 amide bonds. The summed E-state index contributed by atoms with van der Waals surface area (Å²) in [6, 6.07) is 11.9. The number of aryl methyl sites for hydroxylation is 2.